The Hall–Kier alpha value is -3.59. The van der Waals surface area contributed by atoms with E-state index < -0.39 is 18.8 Å². The summed E-state index contributed by atoms with van der Waals surface area (Å²) in [7, 11) is 0. The van der Waals surface area contributed by atoms with Gasteiger partial charge in [0, 0.05) is 17.0 Å². The minimum atomic E-state index is -1.06. The molecule has 1 atom stereocenters. The normalized spacial score (nSPS) is 14.3. The van der Waals surface area contributed by atoms with Gasteiger partial charge in [-0.15, -0.1) is 16.8 Å². The minimum absolute atomic E-state index is 0.326. The fraction of sp³-hybridized carbons (Fsp3) is 0.143. The summed E-state index contributed by atoms with van der Waals surface area (Å²) in [5, 5.41) is 21.3. The molecule has 2 N–H and O–H groups in total. The van der Waals surface area contributed by atoms with E-state index in [2.05, 4.69) is 27.1 Å². The molecule has 8 nitrogen and oxygen atoms in total. The van der Waals surface area contributed by atoms with Gasteiger partial charge >= 0.3 is 5.97 Å². The third-order valence-corrected chi connectivity index (χ3v) is 5.05. The van der Waals surface area contributed by atoms with E-state index in [0.717, 1.165) is 11.3 Å². The number of nitrogens with one attached hydrogen (secondary N) is 1. The average Bonchev–Trinajstić information content (AvgIpc) is 2.92. The van der Waals surface area contributed by atoms with Crippen LogP contribution in [-0.4, -0.2) is 38.6 Å². The quantitative estimate of drug-likeness (QED) is 0.434. The van der Waals surface area contributed by atoms with Crippen molar-refractivity contribution in [2.75, 3.05) is 17.7 Å². The first kappa shape index (κ1) is 19.7. The maximum Gasteiger partial charge on any atom is 0.341 e. The second kappa shape index (κ2) is 8.83. The van der Waals surface area contributed by atoms with E-state index in [4.69, 9.17) is 14.6 Å². The molecule has 1 aromatic heterocycles. The number of hydrogen-bond donors (Lipinski definition) is 2. The highest BCUT2D eigenvalue weighted by Gasteiger charge is 2.27. The summed E-state index contributed by atoms with van der Waals surface area (Å²) in [5.41, 5.74) is 2.75. The first-order valence-corrected chi connectivity index (χ1v) is 10.1. The number of aliphatic carboxylic acids is 1. The number of anilines is 1. The number of nitrogens with zero attached hydrogens (tertiary/aromatic N) is 3. The third kappa shape index (κ3) is 4.20. The van der Waals surface area contributed by atoms with Crippen molar-refractivity contribution in [1.82, 2.24) is 15.2 Å². The molecule has 0 spiro atoms. The Morgan fingerprint density at radius 1 is 1.23 bits per heavy atom. The number of rotatable bonds is 7. The van der Waals surface area contributed by atoms with Gasteiger partial charge in [0.1, 0.15) is 5.75 Å². The number of carboxylic acids is 1. The monoisotopic (exact) mass is 422 g/mol. The second-order valence-corrected chi connectivity index (χ2v) is 7.24. The lowest BCUT2D eigenvalue weighted by Crippen LogP contribution is -2.19. The summed E-state index contributed by atoms with van der Waals surface area (Å²) in [6, 6.07) is 14.7. The van der Waals surface area contributed by atoms with Crippen molar-refractivity contribution in [2.45, 2.75) is 11.4 Å². The van der Waals surface area contributed by atoms with Crippen LogP contribution in [0.5, 0.6) is 11.6 Å². The molecule has 0 amide bonds. The molecular formula is C21H18N4O4S. The van der Waals surface area contributed by atoms with Gasteiger partial charge in [-0.05, 0) is 18.2 Å². The Morgan fingerprint density at radius 2 is 2.03 bits per heavy atom. The van der Waals surface area contributed by atoms with Crippen LogP contribution in [0.4, 0.5) is 5.69 Å². The molecule has 4 rings (SSSR count). The van der Waals surface area contributed by atoms with Crippen LogP contribution in [0.3, 0.4) is 0 Å². The fourth-order valence-corrected chi connectivity index (χ4v) is 3.46. The van der Waals surface area contributed by atoms with Crippen LogP contribution in [0.2, 0.25) is 0 Å². The van der Waals surface area contributed by atoms with Crippen LogP contribution in [0.25, 0.3) is 11.3 Å². The number of hydrogen-bond acceptors (Lipinski definition) is 8. The lowest BCUT2D eigenvalue weighted by atomic mass is 10.1. The highest BCUT2D eigenvalue weighted by Crippen LogP contribution is 2.40. The van der Waals surface area contributed by atoms with Crippen molar-refractivity contribution in [3.05, 3.63) is 66.7 Å². The molecule has 9 heteroatoms. The van der Waals surface area contributed by atoms with Crippen molar-refractivity contribution in [3.8, 4) is 22.9 Å². The number of carbonyl (C=O) groups is 1. The molecule has 30 heavy (non-hydrogen) atoms. The lowest BCUT2D eigenvalue weighted by molar-refractivity contribution is -0.139. The summed E-state index contributed by atoms with van der Waals surface area (Å²) < 4.78 is 11.7. The Labute approximate surface area is 177 Å². The Balaban J connectivity index is 1.76. The molecule has 0 bridgehead atoms. The number of ether oxygens (including phenoxy) is 2. The summed E-state index contributed by atoms with van der Waals surface area (Å²) in [4.78, 5) is 15.5. The molecule has 2 heterocycles. The standard InChI is InChI=1S/C21H18N4O4S/c1-2-11-30-21-23-20-18(24-25-21)13-7-3-5-9-15(13)22-19(29-20)14-8-4-6-10-16(14)28-12-17(26)27/h2-10,19,22H,1,11-12H2,(H,26,27)/t19-/m0/s1. The van der Waals surface area contributed by atoms with Gasteiger partial charge in [0.25, 0.3) is 0 Å². The molecule has 3 aromatic rings. The average molecular weight is 422 g/mol. The predicted octanol–water partition coefficient (Wildman–Crippen LogP) is 3.78. The van der Waals surface area contributed by atoms with Crippen molar-refractivity contribution in [1.29, 1.82) is 0 Å². The van der Waals surface area contributed by atoms with Crippen molar-refractivity contribution in [3.63, 3.8) is 0 Å². The summed E-state index contributed by atoms with van der Waals surface area (Å²) >= 11 is 1.40. The van der Waals surface area contributed by atoms with Gasteiger partial charge in [0.2, 0.25) is 17.3 Å². The number of fused-ring (bicyclic) bond motifs is 3. The molecule has 0 aliphatic carbocycles. The van der Waals surface area contributed by atoms with E-state index in [9.17, 15) is 4.79 Å². The third-order valence-electron chi connectivity index (χ3n) is 4.22. The van der Waals surface area contributed by atoms with Crippen LogP contribution >= 0.6 is 11.8 Å². The lowest BCUT2D eigenvalue weighted by Gasteiger charge is -2.21. The summed E-state index contributed by atoms with van der Waals surface area (Å²) in [6.07, 6.45) is 1.09. The van der Waals surface area contributed by atoms with E-state index in [1.165, 1.54) is 11.8 Å². The fourth-order valence-electron chi connectivity index (χ4n) is 2.95. The molecule has 0 fully saturated rings. The zero-order valence-electron chi connectivity index (χ0n) is 15.8. The molecule has 2 aromatic carbocycles. The largest absolute Gasteiger partial charge is 0.481 e. The second-order valence-electron chi connectivity index (χ2n) is 6.26. The van der Waals surface area contributed by atoms with Crippen molar-refractivity contribution >= 4 is 23.4 Å². The molecule has 0 unspecified atom stereocenters. The number of aromatic nitrogens is 3. The van der Waals surface area contributed by atoms with Crippen LogP contribution in [0.15, 0.2) is 66.3 Å². The summed E-state index contributed by atoms with van der Waals surface area (Å²) in [5.74, 6) is 0.314. The van der Waals surface area contributed by atoms with E-state index in [0.29, 0.717) is 33.8 Å². The Bertz CT molecular complexity index is 1090. The van der Waals surface area contributed by atoms with Gasteiger partial charge in [0.05, 0.1) is 5.56 Å². The van der Waals surface area contributed by atoms with Gasteiger partial charge < -0.3 is 19.9 Å². The van der Waals surface area contributed by atoms with Gasteiger partial charge in [-0.2, -0.15) is 4.98 Å². The molecular weight excluding hydrogens is 404 g/mol. The predicted molar refractivity (Wildman–Crippen MR) is 113 cm³/mol. The molecule has 0 saturated carbocycles. The highest BCUT2D eigenvalue weighted by atomic mass is 32.2. The van der Waals surface area contributed by atoms with Crippen LogP contribution < -0.4 is 14.8 Å². The van der Waals surface area contributed by atoms with E-state index >= 15 is 0 Å². The van der Waals surface area contributed by atoms with Crippen molar-refractivity contribution < 1.29 is 19.4 Å². The van der Waals surface area contributed by atoms with Gasteiger partial charge in [0.15, 0.2) is 12.3 Å². The molecule has 0 radical (unpaired) electrons. The van der Waals surface area contributed by atoms with Crippen molar-refractivity contribution in [2.24, 2.45) is 0 Å². The highest BCUT2D eigenvalue weighted by molar-refractivity contribution is 7.99. The van der Waals surface area contributed by atoms with E-state index in [-0.39, 0.29) is 0 Å². The van der Waals surface area contributed by atoms with Crippen LogP contribution in [0, 0.1) is 0 Å². The Morgan fingerprint density at radius 3 is 2.87 bits per heavy atom. The maximum atomic E-state index is 11.0. The zero-order valence-corrected chi connectivity index (χ0v) is 16.6. The Kier molecular flexibility index (Phi) is 5.80. The van der Waals surface area contributed by atoms with Gasteiger partial charge in [-0.3, -0.25) is 0 Å². The maximum absolute atomic E-state index is 11.0. The number of para-hydroxylation sites is 2. The van der Waals surface area contributed by atoms with Crippen LogP contribution in [0.1, 0.15) is 11.8 Å². The molecule has 1 aliphatic heterocycles. The van der Waals surface area contributed by atoms with E-state index in [1.54, 1.807) is 18.2 Å². The van der Waals surface area contributed by atoms with E-state index in [1.807, 2.05) is 36.4 Å². The number of thioether (sulfide) groups is 1. The molecule has 1 aliphatic rings. The minimum Gasteiger partial charge on any atom is -0.481 e. The van der Waals surface area contributed by atoms with Gasteiger partial charge in [-0.25, -0.2) is 4.79 Å². The molecule has 152 valence electrons. The van der Waals surface area contributed by atoms with Crippen LogP contribution in [-0.2, 0) is 4.79 Å². The summed E-state index contributed by atoms with van der Waals surface area (Å²) in [6.45, 7) is 3.25. The molecule has 0 saturated heterocycles. The number of carboxylic acid groups (broad SMARTS) is 1. The van der Waals surface area contributed by atoms with Gasteiger partial charge in [-0.1, -0.05) is 48.2 Å². The first-order valence-electron chi connectivity index (χ1n) is 9.10. The number of benzene rings is 2. The SMILES string of the molecule is C=CCSc1nnc2c(n1)O[C@@H](c1ccccc1OCC(=O)O)Nc1ccccc1-2. The first-order chi connectivity index (χ1) is 14.7. The smallest absolute Gasteiger partial charge is 0.341 e. The topological polar surface area (TPSA) is 106 Å². The zero-order chi connectivity index (χ0) is 20.9.